The van der Waals surface area contributed by atoms with Crippen LogP contribution in [0.1, 0.15) is 27.8 Å². The van der Waals surface area contributed by atoms with E-state index in [4.69, 9.17) is 0 Å². The van der Waals surface area contributed by atoms with Crippen LogP contribution in [0.4, 0.5) is 0 Å². The van der Waals surface area contributed by atoms with Crippen molar-refractivity contribution >= 4 is 21.8 Å². The molecular weight excluding hydrogens is 354 g/mol. The van der Waals surface area contributed by atoms with Crippen molar-refractivity contribution in [2.24, 2.45) is 0 Å². The summed E-state index contributed by atoms with van der Waals surface area (Å²) in [7, 11) is 0. The Hall–Kier alpha value is -2.40. The van der Waals surface area contributed by atoms with Crippen LogP contribution in [0.25, 0.3) is 0 Å². The number of carbonyl (C=O) groups excluding carboxylic acids is 1. The Morgan fingerprint density at radius 2 is 2.00 bits per heavy atom. The molecule has 3 rings (SSSR count). The maximum atomic E-state index is 12.5. The standard InChI is InChI=1S/C18H16BrN3O/c19-15-8-4-7-14(11-15)18(23)22-16(12-17-20-9-10-21-17)13-5-2-1-3-6-13/h1-11,16H,12H2,(H,20,21)(H,22,23)/t16-/m0/s1. The van der Waals surface area contributed by atoms with Gasteiger partial charge in [-0.3, -0.25) is 4.79 Å². The first-order chi connectivity index (χ1) is 11.2. The normalized spacial score (nSPS) is 11.9. The summed E-state index contributed by atoms with van der Waals surface area (Å²) in [6.07, 6.45) is 4.11. The third-order valence-electron chi connectivity index (χ3n) is 3.55. The molecule has 0 bridgehead atoms. The first-order valence-electron chi connectivity index (χ1n) is 7.32. The van der Waals surface area contributed by atoms with Gasteiger partial charge in [-0.1, -0.05) is 52.3 Å². The number of aromatic amines is 1. The van der Waals surface area contributed by atoms with Crippen molar-refractivity contribution in [1.29, 1.82) is 0 Å². The number of nitrogens with one attached hydrogen (secondary N) is 2. The molecule has 0 unspecified atom stereocenters. The zero-order chi connectivity index (χ0) is 16.1. The van der Waals surface area contributed by atoms with Crippen LogP contribution in [0.5, 0.6) is 0 Å². The third kappa shape index (κ3) is 4.07. The fourth-order valence-corrected chi connectivity index (χ4v) is 2.81. The number of hydrogen-bond acceptors (Lipinski definition) is 2. The molecule has 1 atom stereocenters. The Bertz CT molecular complexity index is 772. The highest BCUT2D eigenvalue weighted by atomic mass is 79.9. The maximum Gasteiger partial charge on any atom is 0.251 e. The van der Waals surface area contributed by atoms with Crippen molar-refractivity contribution in [3.8, 4) is 0 Å². The molecule has 0 saturated carbocycles. The number of aromatic nitrogens is 2. The molecule has 5 heteroatoms. The molecular formula is C18H16BrN3O. The lowest BCUT2D eigenvalue weighted by Gasteiger charge is -2.18. The van der Waals surface area contributed by atoms with Gasteiger partial charge in [-0.25, -0.2) is 4.98 Å². The van der Waals surface area contributed by atoms with Gasteiger partial charge in [0, 0.05) is 28.9 Å². The van der Waals surface area contributed by atoms with E-state index >= 15 is 0 Å². The summed E-state index contributed by atoms with van der Waals surface area (Å²) in [5.41, 5.74) is 1.67. The molecule has 3 aromatic rings. The topological polar surface area (TPSA) is 57.8 Å². The molecule has 0 aliphatic heterocycles. The van der Waals surface area contributed by atoms with Crippen LogP contribution in [-0.2, 0) is 6.42 Å². The third-order valence-corrected chi connectivity index (χ3v) is 4.04. The minimum atomic E-state index is -0.145. The second kappa shape index (κ2) is 7.24. The van der Waals surface area contributed by atoms with Crippen molar-refractivity contribution in [1.82, 2.24) is 15.3 Å². The number of carbonyl (C=O) groups is 1. The van der Waals surface area contributed by atoms with Gasteiger partial charge in [-0.05, 0) is 23.8 Å². The minimum Gasteiger partial charge on any atom is -0.349 e. The van der Waals surface area contributed by atoms with E-state index in [9.17, 15) is 4.79 Å². The van der Waals surface area contributed by atoms with Gasteiger partial charge in [-0.2, -0.15) is 0 Å². The number of nitrogens with zero attached hydrogens (tertiary/aromatic N) is 1. The van der Waals surface area contributed by atoms with E-state index in [1.165, 1.54) is 0 Å². The highest BCUT2D eigenvalue weighted by Gasteiger charge is 2.17. The summed E-state index contributed by atoms with van der Waals surface area (Å²) in [5, 5.41) is 3.10. The van der Waals surface area contributed by atoms with E-state index in [-0.39, 0.29) is 11.9 Å². The van der Waals surface area contributed by atoms with Gasteiger partial charge in [0.1, 0.15) is 5.82 Å². The monoisotopic (exact) mass is 369 g/mol. The number of imidazole rings is 1. The van der Waals surface area contributed by atoms with Crippen LogP contribution >= 0.6 is 15.9 Å². The number of rotatable bonds is 5. The summed E-state index contributed by atoms with van der Waals surface area (Å²) >= 11 is 3.40. The minimum absolute atomic E-state index is 0.105. The van der Waals surface area contributed by atoms with E-state index in [1.54, 1.807) is 18.5 Å². The first-order valence-corrected chi connectivity index (χ1v) is 8.11. The van der Waals surface area contributed by atoms with Crippen LogP contribution in [0.3, 0.4) is 0 Å². The number of benzene rings is 2. The molecule has 2 aromatic carbocycles. The smallest absolute Gasteiger partial charge is 0.251 e. The van der Waals surface area contributed by atoms with Crippen molar-refractivity contribution < 1.29 is 4.79 Å². The molecule has 1 aromatic heterocycles. The van der Waals surface area contributed by atoms with Crippen LogP contribution < -0.4 is 5.32 Å². The quantitative estimate of drug-likeness (QED) is 0.716. The SMILES string of the molecule is O=C(N[C@@H](Cc1ncc[nH]1)c1ccccc1)c1cccc(Br)c1. The van der Waals surface area contributed by atoms with Gasteiger partial charge in [0.05, 0.1) is 6.04 Å². The molecule has 23 heavy (non-hydrogen) atoms. The zero-order valence-electron chi connectivity index (χ0n) is 12.4. The largest absolute Gasteiger partial charge is 0.349 e. The molecule has 1 heterocycles. The van der Waals surface area contributed by atoms with Crippen molar-refractivity contribution in [3.05, 3.63) is 88.4 Å². The summed E-state index contributed by atoms with van der Waals surface area (Å²) in [6.45, 7) is 0. The molecule has 0 radical (unpaired) electrons. The summed E-state index contributed by atoms with van der Waals surface area (Å²) in [6, 6.07) is 17.1. The predicted molar refractivity (Wildman–Crippen MR) is 93.1 cm³/mol. The highest BCUT2D eigenvalue weighted by molar-refractivity contribution is 9.10. The molecule has 0 spiro atoms. The molecule has 0 fully saturated rings. The number of halogens is 1. The van der Waals surface area contributed by atoms with E-state index < -0.39 is 0 Å². The Balaban J connectivity index is 1.82. The van der Waals surface area contributed by atoms with Crippen LogP contribution in [0, 0.1) is 0 Å². The van der Waals surface area contributed by atoms with Crippen LogP contribution in [-0.4, -0.2) is 15.9 Å². The second-order valence-electron chi connectivity index (χ2n) is 5.19. The van der Waals surface area contributed by atoms with Gasteiger partial charge < -0.3 is 10.3 Å². The fourth-order valence-electron chi connectivity index (χ4n) is 2.41. The van der Waals surface area contributed by atoms with Gasteiger partial charge >= 0.3 is 0 Å². The summed E-state index contributed by atoms with van der Waals surface area (Å²) < 4.78 is 0.882. The van der Waals surface area contributed by atoms with Gasteiger partial charge in [-0.15, -0.1) is 0 Å². The Morgan fingerprint density at radius 1 is 1.17 bits per heavy atom. The van der Waals surface area contributed by atoms with E-state index in [1.807, 2.05) is 48.5 Å². The molecule has 0 aliphatic carbocycles. The number of H-pyrrole nitrogens is 1. The average molecular weight is 370 g/mol. The maximum absolute atomic E-state index is 12.5. The molecule has 4 nitrogen and oxygen atoms in total. The Morgan fingerprint density at radius 3 is 2.70 bits per heavy atom. The molecule has 2 N–H and O–H groups in total. The second-order valence-corrected chi connectivity index (χ2v) is 6.10. The van der Waals surface area contributed by atoms with E-state index in [0.717, 1.165) is 15.9 Å². The highest BCUT2D eigenvalue weighted by Crippen LogP contribution is 2.18. The number of amides is 1. The molecule has 0 aliphatic rings. The van der Waals surface area contributed by atoms with Crippen molar-refractivity contribution in [2.45, 2.75) is 12.5 Å². The average Bonchev–Trinajstić information content (AvgIpc) is 3.08. The summed E-state index contributed by atoms with van der Waals surface area (Å²) in [5.74, 6) is 0.736. The molecule has 116 valence electrons. The fraction of sp³-hybridized carbons (Fsp3) is 0.111. The lowest BCUT2D eigenvalue weighted by molar-refractivity contribution is 0.0936. The van der Waals surface area contributed by atoms with Gasteiger partial charge in [0.15, 0.2) is 0 Å². The van der Waals surface area contributed by atoms with Crippen LogP contribution in [0.15, 0.2) is 71.5 Å². The number of hydrogen-bond donors (Lipinski definition) is 2. The Labute approximate surface area is 143 Å². The summed E-state index contributed by atoms with van der Waals surface area (Å²) in [4.78, 5) is 19.9. The lowest BCUT2D eigenvalue weighted by Crippen LogP contribution is -2.30. The Kier molecular flexibility index (Phi) is 4.88. The molecule has 1 amide bonds. The van der Waals surface area contributed by atoms with E-state index in [2.05, 4.69) is 31.2 Å². The predicted octanol–water partition coefficient (Wildman–Crippen LogP) is 3.89. The molecule has 0 saturated heterocycles. The van der Waals surface area contributed by atoms with Crippen molar-refractivity contribution in [2.75, 3.05) is 0 Å². The van der Waals surface area contributed by atoms with E-state index in [0.29, 0.717) is 12.0 Å². The zero-order valence-corrected chi connectivity index (χ0v) is 14.0. The van der Waals surface area contributed by atoms with Crippen molar-refractivity contribution in [3.63, 3.8) is 0 Å². The first kappa shape index (κ1) is 15.5. The lowest BCUT2D eigenvalue weighted by atomic mass is 10.0. The van der Waals surface area contributed by atoms with Crippen LogP contribution in [0.2, 0.25) is 0 Å². The van der Waals surface area contributed by atoms with Gasteiger partial charge in [0.2, 0.25) is 0 Å². The van der Waals surface area contributed by atoms with Gasteiger partial charge in [0.25, 0.3) is 5.91 Å².